The van der Waals surface area contributed by atoms with E-state index in [1.165, 1.54) is 0 Å². The van der Waals surface area contributed by atoms with Gasteiger partial charge in [-0.2, -0.15) is 0 Å². The van der Waals surface area contributed by atoms with Gasteiger partial charge >= 0.3 is 0 Å². The third-order valence-corrected chi connectivity index (χ3v) is 8.21. The fourth-order valence-corrected chi connectivity index (χ4v) is 5.55. The maximum absolute atomic E-state index is 9.96. The molecule has 196 valence electrons. The van der Waals surface area contributed by atoms with E-state index in [1.807, 2.05) is 38.1 Å². The van der Waals surface area contributed by atoms with Gasteiger partial charge in [0.2, 0.25) is 0 Å². The molecular formula is C30H24Cl4O4. The normalized spacial score (nSPS) is 13.2. The summed E-state index contributed by atoms with van der Waals surface area (Å²) in [5.74, 6) is 2.12. The minimum Gasteiger partial charge on any atom is -0.508 e. The van der Waals surface area contributed by atoms with Crippen LogP contribution >= 0.6 is 46.4 Å². The van der Waals surface area contributed by atoms with E-state index < -0.39 is 0 Å². The first kappa shape index (κ1) is 26.8. The molecule has 0 spiro atoms. The van der Waals surface area contributed by atoms with Crippen LogP contribution in [0.4, 0.5) is 0 Å². The Bertz CT molecular complexity index is 1450. The number of benzene rings is 4. The summed E-state index contributed by atoms with van der Waals surface area (Å²) in [7, 11) is 0. The lowest BCUT2D eigenvalue weighted by molar-refractivity contribution is 0.357. The van der Waals surface area contributed by atoms with Gasteiger partial charge in [-0.3, -0.25) is 0 Å². The molecule has 0 radical (unpaired) electrons. The van der Waals surface area contributed by atoms with Gasteiger partial charge in [-0.05, 0) is 72.5 Å². The molecule has 2 aliphatic rings. The molecule has 0 amide bonds. The molecule has 0 atom stereocenters. The first-order valence-corrected chi connectivity index (χ1v) is 13.5. The Morgan fingerprint density at radius 3 is 1.34 bits per heavy atom. The van der Waals surface area contributed by atoms with Crippen LogP contribution in [0.15, 0.2) is 48.5 Å². The van der Waals surface area contributed by atoms with Crippen molar-refractivity contribution < 1.29 is 19.7 Å². The Morgan fingerprint density at radius 1 is 0.579 bits per heavy atom. The Labute approximate surface area is 241 Å². The van der Waals surface area contributed by atoms with Crippen molar-refractivity contribution in [3.05, 3.63) is 90.9 Å². The van der Waals surface area contributed by atoms with Crippen LogP contribution in [0.25, 0.3) is 22.3 Å². The first-order valence-electron chi connectivity index (χ1n) is 12.0. The monoisotopic (exact) mass is 588 g/mol. The van der Waals surface area contributed by atoms with Crippen molar-refractivity contribution in [3.8, 4) is 45.3 Å². The number of aryl methyl sites for hydroxylation is 2. The van der Waals surface area contributed by atoms with Gasteiger partial charge in [-0.25, -0.2) is 0 Å². The average Bonchev–Trinajstić information content (AvgIpc) is 3.55. The van der Waals surface area contributed by atoms with Crippen LogP contribution in [-0.2, 0) is 12.8 Å². The molecule has 4 nitrogen and oxygen atoms in total. The Morgan fingerprint density at radius 2 is 0.974 bits per heavy atom. The molecule has 2 aliphatic heterocycles. The zero-order valence-electron chi connectivity index (χ0n) is 20.7. The molecule has 8 heteroatoms. The summed E-state index contributed by atoms with van der Waals surface area (Å²) in [6, 6.07) is 14.6. The molecule has 6 rings (SSSR count). The lowest BCUT2D eigenvalue weighted by Crippen LogP contribution is -1.91. The van der Waals surface area contributed by atoms with E-state index >= 15 is 0 Å². The van der Waals surface area contributed by atoms with E-state index in [1.54, 1.807) is 24.3 Å². The fraction of sp³-hybridized carbons (Fsp3) is 0.200. The number of phenols is 2. The number of halogens is 4. The number of rotatable bonds is 2. The van der Waals surface area contributed by atoms with Gasteiger partial charge in [0.25, 0.3) is 0 Å². The lowest BCUT2D eigenvalue weighted by Gasteiger charge is -2.13. The van der Waals surface area contributed by atoms with E-state index in [4.69, 9.17) is 55.9 Å². The molecule has 0 aromatic heterocycles. The Hall–Kier alpha value is -2.76. The summed E-state index contributed by atoms with van der Waals surface area (Å²) in [5, 5.41) is 22.0. The van der Waals surface area contributed by atoms with Gasteiger partial charge in [0.15, 0.2) is 0 Å². The van der Waals surface area contributed by atoms with E-state index in [2.05, 4.69) is 0 Å². The molecule has 38 heavy (non-hydrogen) atoms. The van der Waals surface area contributed by atoms with Gasteiger partial charge in [0.1, 0.15) is 23.0 Å². The standard InChI is InChI=1S/2C15H12Cl2O2/c2*1-8-6-13(18)10-4-5-19-15(10)14(8)9-2-3-11(16)12(17)7-9/h2*2-3,6-7,18H,4-5H2,1H3. The fourth-order valence-electron chi connectivity index (χ4n) is 4.95. The van der Waals surface area contributed by atoms with Gasteiger partial charge in [0.05, 0.1) is 33.3 Å². The number of ether oxygens (including phenoxy) is 2. The van der Waals surface area contributed by atoms with Crippen LogP contribution in [0.3, 0.4) is 0 Å². The number of hydrogen-bond acceptors (Lipinski definition) is 4. The molecule has 0 saturated carbocycles. The molecule has 0 bridgehead atoms. The van der Waals surface area contributed by atoms with Crippen LogP contribution in [0.2, 0.25) is 20.1 Å². The maximum Gasteiger partial charge on any atom is 0.134 e. The zero-order valence-corrected chi connectivity index (χ0v) is 23.7. The van der Waals surface area contributed by atoms with E-state index in [0.29, 0.717) is 44.8 Å². The highest BCUT2D eigenvalue weighted by atomic mass is 35.5. The minimum atomic E-state index is 0.300. The highest BCUT2D eigenvalue weighted by Crippen LogP contribution is 2.46. The second-order valence-corrected chi connectivity index (χ2v) is 10.9. The second kappa shape index (κ2) is 10.8. The molecule has 4 aromatic carbocycles. The van der Waals surface area contributed by atoms with Crippen molar-refractivity contribution >= 4 is 46.4 Å². The topological polar surface area (TPSA) is 58.9 Å². The molecule has 0 saturated heterocycles. The summed E-state index contributed by atoms with van der Waals surface area (Å²) in [4.78, 5) is 0. The molecule has 2 N–H and O–H groups in total. The average molecular weight is 590 g/mol. The summed E-state index contributed by atoms with van der Waals surface area (Å²) in [5.41, 5.74) is 7.49. The van der Waals surface area contributed by atoms with Gasteiger partial charge in [-0.1, -0.05) is 58.5 Å². The molecule has 2 heterocycles. The number of fused-ring (bicyclic) bond motifs is 2. The van der Waals surface area contributed by atoms with Gasteiger partial charge in [-0.15, -0.1) is 0 Å². The van der Waals surface area contributed by atoms with Crippen LogP contribution in [0.5, 0.6) is 23.0 Å². The number of hydrogen-bond donors (Lipinski definition) is 2. The predicted molar refractivity (Wildman–Crippen MR) is 155 cm³/mol. The molecule has 0 fully saturated rings. The van der Waals surface area contributed by atoms with E-state index in [-0.39, 0.29) is 0 Å². The second-order valence-electron chi connectivity index (χ2n) is 9.25. The van der Waals surface area contributed by atoms with Crippen molar-refractivity contribution in [2.24, 2.45) is 0 Å². The quantitative estimate of drug-likeness (QED) is 0.245. The Balaban J connectivity index is 0.000000155. The van der Waals surface area contributed by atoms with Crippen molar-refractivity contribution in [3.63, 3.8) is 0 Å². The van der Waals surface area contributed by atoms with Crippen molar-refractivity contribution in [1.29, 1.82) is 0 Å². The Kier molecular flexibility index (Phi) is 7.61. The first-order chi connectivity index (χ1) is 18.2. The summed E-state index contributed by atoms with van der Waals surface area (Å²) >= 11 is 24.0. The largest absolute Gasteiger partial charge is 0.508 e. The number of aromatic hydroxyl groups is 2. The minimum absolute atomic E-state index is 0.300. The van der Waals surface area contributed by atoms with Crippen molar-refractivity contribution in [2.75, 3.05) is 13.2 Å². The van der Waals surface area contributed by atoms with E-state index in [0.717, 1.165) is 68.8 Å². The molecular weight excluding hydrogens is 566 g/mol. The smallest absolute Gasteiger partial charge is 0.134 e. The highest BCUT2D eigenvalue weighted by molar-refractivity contribution is 6.42. The van der Waals surface area contributed by atoms with E-state index in [9.17, 15) is 10.2 Å². The summed E-state index contributed by atoms with van der Waals surface area (Å²) < 4.78 is 11.4. The van der Waals surface area contributed by atoms with Gasteiger partial charge < -0.3 is 19.7 Å². The van der Waals surface area contributed by atoms with Crippen LogP contribution in [0, 0.1) is 13.8 Å². The predicted octanol–water partition coefficient (Wildman–Crippen LogP) is 9.22. The summed E-state index contributed by atoms with van der Waals surface area (Å²) in [6.45, 7) is 5.08. The molecule has 0 aliphatic carbocycles. The number of phenolic OH excluding ortho intramolecular Hbond substituents is 2. The van der Waals surface area contributed by atoms with Crippen LogP contribution in [-0.4, -0.2) is 23.4 Å². The third kappa shape index (κ3) is 4.99. The van der Waals surface area contributed by atoms with Crippen LogP contribution in [0.1, 0.15) is 22.3 Å². The highest BCUT2D eigenvalue weighted by Gasteiger charge is 2.24. The third-order valence-electron chi connectivity index (χ3n) is 6.73. The molecule has 0 unspecified atom stereocenters. The maximum atomic E-state index is 9.96. The van der Waals surface area contributed by atoms with Gasteiger partial charge in [0, 0.05) is 35.1 Å². The summed E-state index contributed by atoms with van der Waals surface area (Å²) in [6.07, 6.45) is 1.46. The molecule has 4 aromatic rings. The zero-order chi connectivity index (χ0) is 27.1. The van der Waals surface area contributed by atoms with Crippen molar-refractivity contribution in [1.82, 2.24) is 0 Å². The lowest BCUT2D eigenvalue weighted by atomic mass is 9.95. The van der Waals surface area contributed by atoms with Crippen LogP contribution < -0.4 is 9.47 Å². The van der Waals surface area contributed by atoms with Crippen molar-refractivity contribution in [2.45, 2.75) is 26.7 Å². The SMILES string of the molecule is Cc1cc(O)c2c(c1-c1ccc(Cl)c(Cl)c1)OCC2.Cc1cc(O)c2c(c1-c1ccc(Cl)c(Cl)c1)OCC2.